The summed E-state index contributed by atoms with van der Waals surface area (Å²) in [4.78, 5) is 16.9. The third-order valence-electron chi connectivity index (χ3n) is 5.63. The molecule has 0 radical (unpaired) electrons. The number of hydrogen-bond acceptors (Lipinski definition) is 3. The maximum atomic E-state index is 13.1. The van der Waals surface area contributed by atoms with Gasteiger partial charge >= 0.3 is 12.2 Å². The lowest BCUT2D eigenvalue weighted by Gasteiger charge is -2.23. The normalized spacial score (nSPS) is 14.7. The Morgan fingerprint density at radius 3 is 2.61 bits per heavy atom. The first-order chi connectivity index (χ1) is 14.8. The molecule has 0 atom stereocenters. The minimum atomic E-state index is -4.43. The summed E-state index contributed by atoms with van der Waals surface area (Å²) in [6, 6.07) is 4.81. The van der Waals surface area contributed by atoms with Crippen LogP contribution in [-0.4, -0.2) is 58.3 Å². The molecule has 170 valence electrons. The molecule has 0 spiro atoms. The highest BCUT2D eigenvalue weighted by Crippen LogP contribution is 2.31. The number of carbonyl (C=O) groups excluding carboxylic acids is 1. The molecule has 1 N–H and O–H groups in total. The van der Waals surface area contributed by atoms with E-state index in [0.717, 1.165) is 38.2 Å². The summed E-state index contributed by atoms with van der Waals surface area (Å²) in [7, 11) is 0. The molecule has 31 heavy (non-hydrogen) atoms. The standard InChI is InChI=1S/C22H30F3N5O/c1-3-20-19(16-26-30(20)18-10-7-9-17(15-18)22(23,24)25)27-21(31)29(4-2)14-8-13-28-11-5-6-12-28/h7,9-10,15-16H,3-6,8,11-14H2,1-2H3,(H,27,31). The van der Waals surface area contributed by atoms with E-state index in [1.165, 1.54) is 29.8 Å². The molecule has 2 aromatic rings. The number of hydrogen-bond donors (Lipinski definition) is 1. The molecule has 2 heterocycles. The molecule has 1 aromatic heterocycles. The van der Waals surface area contributed by atoms with Gasteiger partial charge in [-0.25, -0.2) is 9.48 Å². The third kappa shape index (κ3) is 5.78. The predicted molar refractivity (Wildman–Crippen MR) is 115 cm³/mol. The number of benzene rings is 1. The molecular weight excluding hydrogens is 407 g/mol. The lowest BCUT2D eigenvalue weighted by Crippen LogP contribution is -2.37. The molecule has 0 saturated carbocycles. The summed E-state index contributed by atoms with van der Waals surface area (Å²) in [5.74, 6) is 0. The van der Waals surface area contributed by atoms with Crippen molar-refractivity contribution in [3.05, 3.63) is 41.7 Å². The molecule has 6 nitrogen and oxygen atoms in total. The Morgan fingerprint density at radius 1 is 1.23 bits per heavy atom. The zero-order chi connectivity index (χ0) is 22.4. The number of amides is 2. The molecule has 0 bridgehead atoms. The average molecular weight is 438 g/mol. The Balaban J connectivity index is 1.69. The Bertz CT molecular complexity index is 874. The molecule has 1 fully saturated rings. The number of likely N-dealkylation sites (tertiary alicyclic amines) is 1. The first-order valence-corrected chi connectivity index (χ1v) is 10.9. The number of urea groups is 1. The number of nitrogens with one attached hydrogen (secondary N) is 1. The maximum absolute atomic E-state index is 13.1. The summed E-state index contributed by atoms with van der Waals surface area (Å²) in [5.41, 5.74) is 0.747. The predicted octanol–water partition coefficient (Wildman–Crippen LogP) is 4.79. The van der Waals surface area contributed by atoms with Gasteiger partial charge in [0.1, 0.15) is 0 Å². The van der Waals surface area contributed by atoms with Gasteiger partial charge in [0, 0.05) is 13.1 Å². The molecule has 1 saturated heterocycles. The van der Waals surface area contributed by atoms with Crippen LogP contribution >= 0.6 is 0 Å². The Morgan fingerprint density at radius 2 is 1.97 bits per heavy atom. The zero-order valence-electron chi connectivity index (χ0n) is 18.1. The Labute approximate surface area is 181 Å². The number of carbonyl (C=O) groups is 1. The van der Waals surface area contributed by atoms with Gasteiger partial charge in [0.05, 0.1) is 28.8 Å². The van der Waals surface area contributed by atoms with E-state index in [9.17, 15) is 18.0 Å². The van der Waals surface area contributed by atoms with Gasteiger partial charge in [-0.2, -0.15) is 18.3 Å². The van der Waals surface area contributed by atoms with E-state index < -0.39 is 11.7 Å². The molecule has 2 amide bonds. The smallest absolute Gasteiger partial charge is 0.325 e. The highest BCUT2D eigenvalue weighted by molar-refractivity contribution is 5.89. The van der Waals surface area contributed by atoms with Crippen LogP contribution in [-0.2, 0) is 12.6 Å². The molecule has 1 aliphatic rings. The highest BCUT2D eigenvalue weighted by Gasteiger charge is 2.30. The van der Waals surface area contributed by atoms with Crippen LogP contribution in [0, 0.1) is 0 Å². The van der Waals surface area contributed by atoms with E-state index in [2.05, 4.69) is 15.3 Å². The summed E-state index contributed by atoms with van der Waals surface area (Å²) in [6.45, 7) is 8.29. The molecule has 9 heteroatoms. The number of nitrogens with zero attached hydrogens (tertiary/aromatic N) is 4. The van der Waals surface area contributed by atoms with Gasteiger partial charge in [-0.15, -0.1) is 0 Å². The number of aromatic nitrogens is 2. The largest absolute Gasteiger partial charge is 0.416 e. The number of anilines is 1. The van der Waals surface area contributed by atoms with Crippen molar-refractivity contribution in [1.82, 2.24) is 19.6 Å². The summed E-state index contributed by atoms with van der Waals surface area (Å²) in [6.07, 6.45) is 0.970. The molecule has 0 aliphatic carbocycles. The monoisotopic (exact) mass is 437 g/mol. The van der Waals surface area contributed by atoms with E-state index in [1.807, 2.05) is 13.8 Å². The van der Waals surface area contributed by atoms with Gasteiger partial charge in [-0.1, -0.05) is 13.0 Å². The van der Waals surface area contributed by atoms with E-state index in [0.29, 0.717) is 36.6 Å². The van der Waals surface area contributed by atoms with Crippen LogP contribution in [0.15, 0.2) is 30.5 Å². The van der Waals surface area contributed by atoms with Crippen molar-refractivity contribution in [3.63, 3.8) is 0 Å². The lowest BCUT2D eigenvalue weighted by molar-refractivity contribution is -0.137. The van der Waals surface area contributed by atoms with Gasteiger partial charge in [-0.05, 0) is 70.4 Å². The maximum Gasteiger partial charge on any atom is 0.416 e. The van der Waals surface area contributed by atoms with Crippen molar-refractivity contribution in [2.24, 2.45) is 0 Å². The van der Waals surface area contributed by atoms with E-state index in [-0.39, 0.29) is 6.03 Å². The summed E-state index contributed by atoms with van der Waals surface area (Å²) >= 11 is 0. The first kappa shape index (κ1) is 23.1. The van der Waals surface area contributed by atoms with Crippen LogP contribution in [0.25, 0.3) is 5.69 Å². The van der Waals surface area contributed by atoms with Crippen molar-refractivity contribution < 1.29 is 18.0 Å². The molecule has 1 aliphatic heterocycles. The molecular formula is C22H30F3N5O. The van der Waals surface area contributed by atoms with Gasteiger partial charge in [0.2, 0.25) is 0 Å². The first-order valence-electron chi connectivity index (χ1n) is 10.9. The fourth-order valence-electron chi connectivity index (χ4n) is 3.94. The second-order valence-electron chi connectivity index (χ2n) is 7.73. The summed E-state index contributed by atoms with van der Waals surface area (Å²) in [5, 5.41) is 7.14. The second kappa shape index (κ2) is 10.2. The van der Waals surface area contributed by atoms with Gasteiger partial charge in [-0.3, -0.25) is 0 Å². The van der Waals surface area contributed by atoms with Crippen LogP contribution < -0.4 is 5.32 Å². The van der Waals surface area contributed by atoms with E-state index in [1.54, 1.807) is 11.0 Å². The van der Waals surface area contributed by atoms with Gasteiger partial charge in [0.25, 0.3) is 0 Å². The van der Waals surface area contributed by atoms with Crippen LogP contribution in [0.5, 0.6) is 0 Å². The van der Waals surface area contributed by atoms with E-state index in [4.69, 9.17) is 0 Å². The minimum absolute atomic E-state index is 0.220. The fourth-order valence-corrected chi connectivity index (χ4v) is 3.94. The topological polar surface area (TPSA) is 53.4 Å². The van der Waals surface area contributed by atoms with Crippen molar-refractivity contribution in [3.8, 4) is 5.69 Å². The van der Waals surface area contributed by atoms with Crippen molar-refractivity contribution in [2.75, 3.05) is 38.0 Å². The fraction of sp³-hybridized carbons (Fsp3) is 0.545. The van der Waals surface area contributed by atoms with Crippen molar-refractivity contribution >= 4 is 11.7 Å². The number of alkyl halides is 3. The van der Waals surface area contributed by atoms with E-state index >= 15 is 0 Å². The SMILES string of the molecule is CCc1c(NC(=O)N(CC)CCCN2CCCC2)cnn1-c1cccc(C(F)(F)F)c1. The quantitative estimate of drug-likeness (QED) is 0.646. The van der Waals surface area contributed by atoms with Crippen LogP contribution in [0.4, 0.5) is 23.7 Å². The lowest BCUT2D eigenvalue weighted by atomic mass is 10.2. The van der Waals surface area contributed by atoms with Crippen molar-refractivity contribution in [2.45, 2.75) is 45.7 Å². The minimum Gasteiger partial charge on any atom is -0.325 e. The van der Waals surface area contributed by atoms with Crippen molar-refractivity contribution in [1.29, 1.82) is 0 Å². The Hall–Kier alpha value is -2.55. The second-order valence-corrected chi connectivity index (χ2v) is 7.73. The number of halogens is 3. The molecule has 3 rings (SSSR count). The van der Waals surface area contributed by atoms with Crippen LogP contribution in [0.3, 0.4) is 0 Å². The zero-order valence-corrected chi connectivity index (χ0v) is 18.1. The van der Waals surface area contributed by atoms with Crippen LogP contribution in [0.1, 0.15) is 44.4 Å². The number of rotatable bonds is 8. The molecule has 1 aromatic carbocycles. The Kier molecular flexibility index (Phi) is 7.59. The summed E-state index contributed by atoms with van der Waals surface area (Å²) < 4.78 is 40.7. The third-order valence-corrected chi connectivity index (χ3v) is 5.63. The molecule has 0 unspecified atom stereocenters. The highest BCUT2D eigenvalue weighted by atomic mass is 19.4. The van der Waals surface area contributed by atoms with Gasteiger partial charge in [0.15, 0.2) is 0 Å². The van der Waals surface area contributed by atoms with Gasteiger partial charge < -0.3 is 15.1 Å². The average Bonchev–Trinajstić information content (AvgIpc) is 3.40. The van der Waals surface area contributed by atoms with Crippen LogP contribution in [0.2, 0.25) is 0 Å².